The maximum absolute atomic E-state index is 13.4. The fourth-order valence-electron chi connectivity index (χ4n) is 1.49. The fourth-order valence-corrected chi connectivity index (χ4v) is 2.51. The molecule has 1 aromatic heterocycles. The Balaban J connectivity index is 2.40. The van der Waals surface area contributed by atoms with Gasteiger partial charge in [0, 0.05) is 11.9 Å². The molecule has 1 aromatic carbocycles. The molecule has 0 spiro atoms. The van der Waals surface area contributed by atoms with E-state index < -0.39 is 5.82 Å². The number of rotatable bonds is 2. The Morgan fingerprint density at radius 3 is 2.82 bits per heavy atom. The third-order valence-corrected chi connectivity index (χ3v) is 3.41. The van der Waals surface area contributed by atoms with Gasteiger partial charge < -0.3 is 0 Å². The van der Waals surface area contributed by atoms with Crippen LogP contribution in [0.15, 0.2) is 34.2 Å². The topological polar surface area (TPSA) is 41.6 Å². The van der Waals surface area contributed by atoms with Crippen molar-refractivity contribution in [3.05, 3.63) is 41.3 Å². The second-order valence-electron chi connectivity index (χ2n) is 3.57. The van der Waals surface area contributed by atoms with Gasteiger partial charge >= 0.3 is 0 Å². The summed E-state index contributed by atoms with van der Waals surface area (Å²) in [6, 6.07) is 8.40. The van der Waals surface area contributed by atoms with Gasteiger partial charge in [-0.3, -0.25) is 4.68 Å². The molecule has 0 amide bonds. The van der Waals surface area contributed by atoms with Crippen LogP contribution in [-0.2, 0) is 7.05 Å². The molecule has 0 bridgehead atoms. The van der Waals surface area contributed by atoms with Crippen molar-refractivity contribution in [3.8, 4) is 6.07 Å². The number of nitriles is 1. The normalized spacial score (nSPS) is 10.2. The molecule has 0 aliphatic carbocycles. The first kappa shape index (κ1) is 11.7. The van der Waals surface area contributed by atoms with Crippen LogP contribution in [0.5, 0.6) is 0 Å². The van der Waals surface area contributed by atoms with Crippen LogP contribution in [0.1, 0.15) is 11.3 Å². The summed E-state index contributed by atoms with van der Waals surface area (Å²) in [6.07, 6.45) is 0. The molecule has 0 unspecified atom stereocenters. The van der Waals surface area contributed by atoms with Crippen LogP contribution in [-0.4, -0.2) is 9.78 Å². The molecule has 2 aromatic rings. The van der Waals surface area contributed by atoms with E-state index in [0.29, 0.717) is 4.90 Å². The van der Waals surface area contributed by atoms with Crippen molar-refractivity contribution in [2.75, 3.05) is 0 Å². The monoisotopic (exact) mass is 247 g/mol. The van der Waals surface area contributed by atoms with E-state index in [1.165, 1.54) is 17.8 Å². The predicted octanol–water partition coefficient (Wildman–Crippen LogP) is 2.89. The highest BCUT2D eigenvalue weighted by molar-refractivity contribution is 7.99. The molecule has 0 saturated heterocycles. The molecule has 5 heteroatoms. The van der Waals surface area contributed by atoms with Gasteiger partial charge in [0.1, 0.15) is 17.4 Å². The lowest BCUT2D eigenvalue weighted by Crippen LogP contribution is -1.93. The summed E-state index contributed by atoms with van der Waals surface area (Å²) >= 11 is 1.34. The molecule has 0 atom stereocenters. The molecule has 2 rings (SSSR count). The number of halogens is 1. The second-order valence-corrected chi connectivity index (χ2v) is 4.64. The number of nitrogens with zero attached hydrogens (tertiary/aromatic N) is 3. The Hall–Kier alpha value is -1.80. The van der Waals surface area contributed by atoms with E-state index in [4.69, 9.17) is 5.26 Å². The number of hydrogen-bond acceptors (Lipinski definition) is 3. The Morgan fingerprint density at radius 1 is 1.47 bits per heavy atom. The van der Waals surface area contributed by atoms with E-state index >= 15 is 0 Å². The lowest BCUT2D eigenvalue weighted by Gasteiger charge is -2.04. The SMILES string of the molecule is Cc1cc(Sc2cccc(F)c2C#N)n(C)n1. The van der Waals surface area contributed by atoms with Crippen LogP contribution >= 0.6 is 11.8 Å². The smallest absolute Gasteiger partial charge is 0.142 e. The molecule has 86 valence electrons. The second kappa shape index (κ2) is 4.60. The standard InChI is InChI=1S/C12H10FN3S/c1-8-6-12(16(2)15-8)17-11-5-3-4-10(13)9(11)7-14/h3-6H,1-2H3. The molecular weight excluding hydrogens is 237 g/mol. The zero-order valence-electron chi connectivity index (χ0n) is 9.44. The first-order valence-corrected chi connectivity index (χ1v) is 5.80. The minimum atomic E-state index is -0.489. The summed E-state index contributed by atoms with van der Waals surface area (Å²) in [5.41, 5.74) is 0.973. The van der Waals surface area contributed by atoms with Crippen LogP contribution in [0.3, 0.4) is 0 Å². The Bertz CT molecular complexity index is 598. The number of aryl methyl sites for hydroxylation is 2. The lowest BCUT2D eigenvalue weighted by atomic mass is 10.2. The first-order valence-electron chi connectivity index (χ1n) is 4.99. The van der Waals surface area contributed by atoms with E-state index in [1.807, 2.05) is 26.1 Å². The third kappa shape index (κ3) is 2.32. The molecule has 0 radical (unpaired) electrons. The van der Waals surface area contributed by atoms with Crippen LogP contribution in [0.2, 0.25) is 0 Å². The van der Waals surface area contributed by atoms with Crippen molar-refractivity contribution in [1.29, 1.82) is 5.26 Å². The summed E-state index contributed by atoms with van der Waals surface area (Å²) in [7, 11) is 1.82. The molecule has 0 aliphatic rings. The summed E-state index contributed by atoms with van der Waals surface area (Å²) < 4.78 is 15.1. The quantitative estimate of drug-likeness (QED) is 0.819. The highest BCUT2D eigenvalue weighted by Gasteiger charge is 2.11. The molecule has 3 nitrogen and oxygen atoms in total. The van der Waals surface area contributed by atoms with E-state index in [9.17, 15) is 4.39 Å². The Morgan fingerprint density at radius 2 is 2.24 bits per heavy atom. The van der Waals surface area contributed by atoms with Gasteiger partial charge in [0.2, 0.25) is 0 Å². The van der Waals surface area contributed by atoms with Gasteiger partial charge in [-0.1, -0.05) is 17.8 Å². The molecule has 0 fully saturated rings. The van der Waals surface area contributed by atoms with Crippen LogP contribution in [0.4, 0.5) is 4.39 Å². The molecule has 17 heavy (non-hydrogen) atoms. The maximum atomic E-state index is 13.4. The van der Waals surface area contributed by atoms with Crippen molar-refractivity contribution >= 4 is 11.8 Å². The van der Waals surface area contributed by atoms with Gasteiger partial charge in [-0.2, -0.15) is 10.4 Å². The average Bonchev–Trinajstić information content (AvgIpc) is 2.58. The average molecular weight is 247 g/mol. The minimum absolute atomic E-state index is 0.0800. The Labute approximate surface area is 103 Å². The van der Waals surface area contributed by atoms with Crippen molar-refractivity contribution in [1.82, 2.24) is 9.78 Å². The summed E-state index contributed by atoms with van der Waals surface area (Å²) in [4.78, 5) is 0.607. The largest absolute Gasteiger partial charge is 0.262 e. The van der Waals surface area contributed by atoms with Crippen LogP contribution in [0.25, 0.3) is 0 Å². The van der Waals surface area contributed by atoms with Crippen molar-refractivity contribution in [3.63, 3.8) is 0 Å². The van der Waals surface area contributed by atoms with Gasteiger partial charge in [0.05, 0.1) is 10.7 Å². The molecule has 1 heterocycles. The van der Waals surface area contributed by atoms with Crippen LogP contribution in [0, 0.1) is 24.1 Å². The number of aromatic nitrogens is 2. The highest BCUT2D eigenvalue weighted by atomic mass is 32.2. The van der Waals surface area contributed by atoms with Crippen molar-refractivity contribution < 1.29 is 4.39 Å². The van der Waals surface area contributed by atoms with Gasteiger partial charge in [-0.05, 0) is 25.1 Å². The van der Waals surface area contributed by atoms with Crippen molar-refractivity contribution in [2.24, 2.45) is 7.05 Å². The van der Waals surface area contributed by atoms with Gasteiger partial charge in [0.15, 0.2) is 0 Å². The molecule has 0 saturated carbocycles. The third-order valence-electron chi connectivity index (χ3n) is 2.26. The zero-order chi connectivity index (χ0) is 12.4. The minimum Gasteiger partial charge on any atom is -0.262 e. The van der Waals surface area contributed by atoms with Gasteiger partial charge in [-0.15, -0.1) is 0 Å². The van der Waals surface area contributed by atoms with E-state index in [-0.39, 0.29) is 5.56 Å². The van der Waals surface area contributed by atoms with E-state index in [2.05, 4.69) is 5.10 Å². The van der Waals surface area contributed by atoms with Gasteiger partial charge in [-0.25, -0.2) is 4.39 Å². The fraction of sp³-hybridized carbons (Fsp3) is 0.167. The Kier molecular flexibility index (Phi) is 3.16. The summed E-state index contributed by atoms with van der Waals surface area (Å²) in [5.74, 6) is -0.489. The van der Waals surface area contributed by atoms with Crippen molar-refractivity contribution in [2.45, 2.75) is 16.8 Å². The van der Waals surface area contributed by atoms with Gasteiger partial charge in [0.25, 0.3) is 0 Å². The first-order chi connectivity index (χ1) is 8.11. The maximum Gasteiger partial charge on any atom is 0.142 e. The summed E-state index contributed by atoms with van der Waals surface area (Å²) in [5, 5.41) is 14.0. The number of benzene rings is 1. The lowest BCUT2D eigenvalue weighted by molar-refractivity contribution is 0.619. The van der Waals surface area contributed by atoms with Crippen LogP contribution < -0.4 is 0 Å². The predicted molar refractivity (Wildman–Crippen MR) is 63.2 cm³/mol. The summed E-state index contributed by atoms with van der Waals surface area (Å²) in [6.45, 7) is 1.89. The van der Waals surface area contributed by atoms with E-state index in [1.54, 1.807) is 16.8 Å². The van der Waals surface area contributed by atoms with E-state index in [0.717, 1.165) is 10.7 Å². The zero-order valence-corrected chi connectivity index (χ0v) is 10.3. The molecule has 0 N–H and O–H groups in total. The number of hydrogen-bond donors (Lipinski definition) is 0. The molecule has 0 aliphatic heterocycles. The highest BCUT2D eigenvalue weighted by Crippen LogP contribution is 2.31. The molecular formula is C12H10FN3S.